The van der Waals surface area contributed by atoms with Crippen molar-refractivity contribution >= 4 is 83.3 Å². The van der Waals surface area contributed by atoms with Gasteiger partial charge in [-0.1, -0.05) is 5.16 Å². The molecule has 0 spiro atoms. The summed E-state index contributed by atoms with van der Waals surface area (Å²) in [5, 5.41) is 20.2. The number of nitro benzene ring substituents is 1. The molecule has 1 aromatic carbocycles. The summed E-state index contributed by atoms with van der Waals surface area (Å²) in [7, 11) is -9.13. The fourth-order valence-electron chi connectivity index (χ4n) is 3.68. The third kappa shape index (κ3) is 10.6. The number of alkyl halides is 1. The summed E-state index contributed by atoms with van der Waals surface area (Å²) in [4.78, 5) is 69.9. The van der Waals surface area contributed by atoms with Crippen molar-refractivity contribution in [1.82, 2.24) is 14.6 Å². The number of β-lactam (4-membered cyclic amide) rings is 1. The van der Waals surface area contributed by atoms with Gasteiger partial charge in [-0.3, -0.25) is 29.1 Å². The van der Waals surface area contributed by atoms with Gasteiger partial charge >= 0.3 is 45.8 Å². The van der Waals surface area contributed by atoms with Gasteiger partial charge in [0.1, 0.15) is 34.1 Å². The second-order valence-electron chi connectivity index (χ2n) is 9.98. The second kappa shape index (κ2) is 15.8. The van der Waals surface area contributed by atoms with Crippen molar-refractivity contribution in [3.05, 3.63) is 51.0 Å². The monoisotopic (exact) mass is 748 g/mol. The van der Waals surface area contributed by atoms with Crippen molar-refractivity contribution in [3.8, 4) is 0 Å². The van der Waals surface area contributed by atoms with E-state index in [4.69, 9.17) is 21.2 Å². The van der Waals surface area contributed by atoms with E-state index in [-0.39, 0.29) is 58.4 Å². The number of hydrogen-bond donors (Lipinski definition) is 3. The van der Waals surface area contributed by atoms with Crippen LogP contribution in [0.25, 0.3) is 0 Å². The van der Waals surface area contributed by atoms with E-state index in [0.29, 0.717) is 5.56 Å². The number of halogens is 1. The second-order valence-corrected chi connectivity index (χ2v) is 14.6. The summed E-state index contributed by atoms with van der Waals surface area (Å²) in [6.45, 7) is 2.13. The molecule has 1 aliphatic rings. The predicted molar refractivity (Wildman–Crippen MR) is 161 cm³/mol. The van der Waals surface area contributed by atoms with E-state index in [1.807, 2.05) is 0 Å². The van der Waals surface area contributed by atoms with Crippen LogP contribution in [-0.2, 0) is 55.5 Å². The maximum absolute atomic E-state index is 13.4. The number of rotatable bonds is 14. The van der Waals surface area contributed by atoms with Gasteiger partial charge in [-0.25, -0.2) is 22.5 Å². The van der Waals surface area contributed by atoms with Crippen LogP contribution in [0, 0.1) is 10.1 Å². The van der Waals surface area contributed by atoms with Crippen LogP contribution < -0.4 is 40.2 Å². The summed E-state index contributed by atoms with van der Waals surface area (Å²) in [6, 6.07) is 1.67. The number of hydrogen-bond acceptors (Lipinski definition) is 15. The zero-order chi connectivity index (χ0) is 34.6. The first-order valence-electron chi connectivity index (χ1n) is 12.5. The molecule has 0 radical (unpaired) electrons. The number of carbonyl (C=O) groups excluding carboxylic acids is 4. The molecule has 24 heteroatoms. The van der Waals surface area contributed by atoms with Gasteiger partial charge in [0.2, 0.25) is 11.5 Å². The molecular weight excluding hydrogens is 723 g/mol. The Morgan fingerprint density at radius 2 is 1.85 bits per heavy atom. The third-order valence-electron chi connectivity index (χ3n) is 5.88. The largest absolute Gasteiger partial charge is 1.00 e. The number of carbonyl (C=O) groups is 4. The molecule has 3 rings (SSSR count). The van der Waals surface area contributed by atoms with Crippen LogP contribution >= 0.6 is 22.9 Å². The van der Waals surface area contributed by atoms with Crippen LogP contribution in [-0.4, -0.2) is 101 Å². The quantitative estimate of drug-likeness (QED) is 0.0256. The molecule has 252 valence electrons. The molecule has 0 bridgehead atoms. The number of sulfone groups is 1. The number of anilines is 1. The third-order valence-corrected chi connectivity index (χ3v) is 8.78. The first kappa shape index (κ1) is 39.9. The van der Waals surface area contributed by atoms with Gasteiger partial charge in [-0.05, 0) is 31.5 Å². The van der Waals surface area contributed by atoms with Crippen LogP contribution in [0.2, 0.25) is 0 Å². The number of thiazole rings is 1. The fourth-order valence-corrected chi connectivity index (χ4v) is 6.39. The van der Waals surface area contributed by atoms with Crippen LogP contribution in [0.5, 0.6) is 0 Å². The summed E-state index contributed by atoms with van der Waals surface area (Å²) < 4.78 is 61.6. The molecule has 2 atom stereocenters. The molecule has 0 aliphatic carbocycles. The molecule has 1 aliphatic heterocycles. The maximum atomic E-state index is 13.4. The Hall–Kier alpha value is -3.25. The van der Waals surface area contributed by atoms with Gasteiger partial charge in [0.15, 0.2) is 10.8 Å². The average Bonchev–Trinajstić information content (AvgIpc) is 3.40. The number of aromatic nitrogens is 1. The van der Waals surface area contributed by atoms with E-state index in [2.05, 4.69) is 20.8 Å². The molecule has 2 aromatic rings. The van der Waals surface area contributed by atoms with Gasteiger partial charge in [0.05, 0.1) is 16.7 Å². The number of ether oxygens (including phenoxy) is 1. The van der Waals surface area contributed by atoms with Gasteiger partial charge < -0.3 is 21.6 Å². The number of esters is 1. The Morgan fingerprint density at radius 3 is 2.38 bits per heavy atom. The van der Waals surface area contributed by atoms with E-state index in [1.165, 1.54) is 43.5 Å². The Kier molecular flexibility index (Phi) is 13.4. The molecule has 1 fully saturated rings. The minimum Gasteiger partial charge on any atom is -1.00 e. The number of nitrogens with zero attached hydrogens (tertiary/aromatic N) is 4. The number of oxime groups is 1. The molecule has 3 N–H and O–H groups in total. The first-order valence-corrected chi connectivity index (χ1v) is 17.4. The SMILES string of the molecule is CC(C)(O/N=C(\C(=O)NC1C(=O)N(S(=O)(=O)O)C1CS(C)(=O)=O)c1csc(NC(=O)CCl)n1)C(=O)OCc1ccc([N+](=O)[O-])cc1.[H-].[Na+]. The fraction of sp³-hybridized carbons (Fsp3) is 0.391. The molecule has 2 heterocycles. The summed E-state index contributed by atoms with van der Waals surface area (Å²) in [5.74, 6) is -5.62. The molecule has 1 aromatic heterocycles. The van der Waals surface area contributed by atoms with Gasteiger partial charge in [-0.2, -0.15) is 8.42 Å². The molecule has 1 saturated heterocycles. The van der Waals surface area contributed by atoms with E-state index >= 15 is 0 Å². The van der Waals surface area contributed by atoms with E-state index in [0.717, 1.165) is 17.6 Å². The van der Waals surface area contributed by atoms with E-state index in [9.17, 15) is 50.7 Å². The predicted octanol–water partition coefficient (Wildman–Crippen LogP) is -2.87. The topological polar surface area (TPSA) is 271 Å². The molecular formula is C23H26ClN6NaO13S3. The summed E-state index contributed by atoms with van der Waals surface area (Å²) in [6.07, 6.45) is 0.742. The number of benzene rings is 1. The Bertz CT molecular complexity index is 1810. The minimum atomic E-state index is -5.19. The van der Waals surface area contributed by atoms with Crippen LogP contribution in [0.4, 0.5) is 10.8 Å². The van der Waals surface area contributed by atoms with Crippen LogP contribution in [0.3, 0.4) is 0 Å². The Labute approximate surface area is 299 Å². The number of non-ortho nitro benzene ring substituents is 1. The zero-order valence-electron chi connectivity index (χ0n) is 25.9. The summed E-state index contributed by atoms with van der Waals surface area (Å²) >= 11 is 6.30. The van der Waals surface area contributed by atoms with Crippen LogP contribution in [0.1, 0.15) is 26.5 Å². The number of amides is 3. The van der Waals surface area contributed by atoms with Gasteiger partial charge in [0, 0.05) is 23.8 Å². The molecule has 2 unspecified atom stereocenters. The number of nitrogens with one attached hydrogen (secondary N) is 2. The Balaban J connectivity index is 0.00000576. The van der Waals surface area contributed by atoms with Crippen molar-refractivity contribution in [2.24, 2.45) is 5.16 Å². The van der Waals surface area contributed by atoms with Crippen molar-refractivity contribution in [3.63, 3.8) is 0 Å². The van der Waals surface area contributed by atoms with Gasteiger partial charge in [-0.15, -0.1) is 22.9 Å². The molecule has 47 heavy (non-hydrogen) atoms. The molecule has 0 saturated carbocycles. The van der Waals surface area contributed by atoms with Crippen molar-refractivity contribution < 1.29 is 86.0 Å². The Morgan fingerprint density at radius 1 is 1.23 bits per heavy atom. The van der Waals surface area contributed by atoms with Gasteiger partial charge in [0.25, 0.3) is 17.5 Å². The number of nitro groups is 1. The normalized spacial score (nSPS) is 16.7. The van der Waals surface area contributed by atoms with Crippen molar-refractivity contribution in [1.29, 1.82) is 0 Å². The van der Waals surface area contributed by atoms with E-state index in [1.54, 1.807) is 0 Å². The van der Waals surface area contributed by atoms with Crippen molar-refractivity contribution in [2.45, 2.75) is 38.1 Å². The first-order chi connectivity index (χ1) is 21.2. The zero-order valence-corrected chi connectivity index (χ0v) is 30.1. The minimum absolute atomic E-state index is 0. The molecule has 19 nitrogen and oxygen atoms in total. The standard InChI is InChI=1S/C23H25ClN6O13S3.Na.H/c1-23(2,21(34)42-9-12-4-6-13(7-5-12)30(35)36)43-28-17(14-10-44-22(25-14)26-16(31)8-24)19(32)27-18-15(11-45(3,37)38)29(20(18)33)46(39,40)41;;/h4-7,10,15,18H,8-9,11H2,1-3H3,(H,27,32)(H,25,26,31)(H,39,40,41);;/q;+1;-1/b28-17-;;. The van der Waals surface area contributed by atoms with E-state index < -0.39 is 83.8 Å². The van der Waals surface area contributed by atoms with Crippen molar-refractivity contribution in [2.75, 3.05) is 23.2 Å². The maximum Gasteiger partial charge on any atom is 1.00 e. The average molecular weight is 749 g/mol. The summed E-state index contributed by atoms with van der Waals surface area (Å²) in [5.41, 5.74) is -2.62. The molecule has 3 amide bonds. The van der Waals surface area contributed by atoms with Crippen LogP contribution in [0.15, 0.2) is 34.8 Å². The smallest absolute Gasteiger partial charge is 1.00 e.